The van der Waals surface area contributed by atoms with Crippen molar-refractivity contribution in [3.8, 4) is 0 Å². The molecule has 0 amide bonds. The predicted molar refractivity (Wildman–Crippen MR) is 71.4 cm³/mol. The largest absolute Gasteiger partial charge is 0.392 e. The van der Waals surface area contributed by atoms with Gasteiger partial charge in [0.25, 0.3) is 0 Å². The van der Waals surface area contributed by atoms with Crippen LogP contribution in [0.2, 0.25) is 5.02 Å². The molecule has 0 spiro atoms. The summed E-state index contributed by atoms with van der Waals surface area (Å²) in [7, 11) is 0. The topological polar surface area (TPSA) is 32.3 Å². The smallest absolute Gasteiger partial charge is 0.0692 e. The molecule has 17 heavy (non-hydrogen) atoms. The average molecular weight is 254 g/mol. The number of hydrogen-bond acceptors (Lipinski definition) is 2. The Morgan fingerprint density at radius 1 is 1.35 bits per heavy atom. The van der Waals surface area contributed by atoms with Crippen molar-refractivity contribution >= 4 is 11.6 Å². The number of halogens is 1. The molecule has 0 radical (unpaired) electrons. The van der Waals surface area contributed by atoms with Crippen LogP contribution in [-0.4, -0.2) is 23.8 Å². The van der Waals surface area contributed by atoms with Crippen molar-refractivity contribution < 1.29 is 5.11 Å². The molecule has 1 aromatic carbocycles. The SMILES string of the molecule is CC(Cc1ccc(Cl)cc1)NCC(O)C1CC1. The van der Waals surface area contributed by atoms with Gasteiger partial charge in [-0.3, -0.25) is 0 Å². The summed E-state index contributed by atoms with van der Waals surface area (Å²) in [6, 6.07) is 8.32. The van der Waals surface area contributed by atoms with Crippen molar-refractivity contribution in [3.63, 3.8) is 0 Å². The Bertz CT molecular complexity index is 348. The zero-order valence-corrected chi connectivity index (χ0v) is 11.0. The number of benzene rings is 1. The van der Waals surface area contributed by atoms with Crippen LogP contribution in [0.4, 0.5) is 0 Å². The summed E-state index contributed by atoms with van der Waals surface area (Å²) in [4.78, 5) is 0. The molecule has 2 rings (SSSR count). The number of nitrogens with one attached hydrogen (secondary N) is 1. The van der Waals surface area contributed by atoms with Crippen LogP contribution >= 0.6 is 11.6 Å². The Morgan fingerprint density at radius 2 is 2.00 bits per heavy atom. The second kappa shape index (κ2) is 5.85. The zero-order chi connectivity index (χ0) is 12.3. The highest BCUT2D eigenvalue weighted by molar-refractivity contribution is 6.30. The maximum Gasteiger partial charge on any atom is 0.0692 e. The van der Waals surface area contributed by atoms with Gasteiger partial charge in [-0.15, -0.1) is 0 Å². The van der Waals surface area contributed by atoms with Crippen LogP contribution in [0.5, 0.6) is 0 Å². The fourth-order valence-corrected chi connectivity index (χ4v) is 2.14. The van der Waals surface area contributed by atoms with Crippen LogP contribution in [0.15, 0.2) is 24.3 Å². The summed E-state index contributed by atoms with van der Waals surface area (Å²) in [5.41, 5.74) is 1.27. The number of aliphatic hydroxyl groups is 1. The van der Waals surface area contributed by atoms with Gasteiger partial charge in [-0.25, -0.2) is 0 Å². The van der Waals surface area contributed by atoms with Crippen LogP contribution < -0.4 is 5.32 Å². The molecule has 1 aliphatic rings. The minimum absolute atomic E-state index is 0.164. The maximum atomic E-state index is 9.76. The van der Waals surface area contributed by atoms with Gasteiger partial charge in [0.05, 0.1) is 6.10 Å². The minimum Gasteiger partial charge on any atom is -0.392 e. The molecular weight excluding hydrogens is 234 g/mol. The first-order chi connectivity index (χ1) is 8.15. The van der Waals surface area contributed by atoms with E-state index >= 15 is 0 Å². The third kappa shape index (κ3) is 4.30. The van der Waals surface area contributed by atoms with E-state index in [1.165, 1.54) is 18.4 Å². The third-order valence-corrected chi connectivity index (χ3v) is 3.55. The molecule has 2 atom stereocenters. The summed E-state index contributed by atoms with van der Waals surface area (Å²) in [5.74, 6) is 0.547. The summed E-state index contributed by atoms with van der Waals surface area (Å²) in [5, 5.41) is 13.9. The molecule has 2 nitrogen and oxygen atoms in total. The van der Waals surface area contributed by atoms with E-state index in [4.69, 9.17) is 11.6 Å². The normalized spacial score (nSPS) is 19.0. The van der Waals surface area contributed by atoms with E-state index in [-0.39, 0.29) is 6.10 Å². The Labute approximate surface area is 108 Å². The predicted octanol–water partition coefficient (Wildman–Crippen LogP) is 2.63. The quantitative estimate of drug-likeness (QED) is 0.817. The summed E-state index contributed by atoms with van der Waals surface area (Å²) >= 11 is 5.84. The lowest BCUT2D eigenvalue weighted by Gasteiger charge is -2.17. The first-order valence-corrected chi connectivity index (χ1v) is 6.69. The molecule has 1 fully saturated rings. The Balaban J connectivity index is 1.72. The second-order valence-electron chi connectivity index (χ2n) is 5.04. The van der Waals surface area contributed by atoms with Crippen LogP contribution in [0.25, 0.3) is 0 Å². The van der Waals surface area contributed by atoms with Gasteiger partial charge in [-0.2, -0.15) is 0 Å². The van der Waals surface area contributed by atoms with Gasteiger partial charge in [0, 0.05) is 17.6 Å². The minimum atomic E-state index is -0.164. The Kier molecular flexibility index (Phi) is 4.43. The Hall–Kier alpha value is -0.570. The second-order valence-corrected chi connectivity index (χ2v) is 5.48. The molecule has 3 heteroatoms. The summed E-state index contributed by atoms with van der Waals surface area (Å²) < 4.78 is 0. The third-order valence-electron chi connectivity index (χ3n) is 3.30. The molecule has 1 saturated carbocycles. The van der Waals surface area contributed by atoms with E-state index in [2.05, 4.69) is 24.4 Å². The first kappa shape index (κ1) is 12.9. The monoisotopic (exact) mass is 253 g/mol. The standard InChI is InChI=1S/C14H20ClNO/c1-10(16-9-14(17)12-4-5-12)8-11-2-6-13(15)7-3-11/h2-3,6-7,10,12,14,16-17H,4-5,8-9H2,1H3. The van der Waals surface area contributed by atoms with E-state index in [1.54, 1.807) is 0 Å². The number of aliphatic hydroxyl groups excluding tert-OH is 1. The van der Waals surface area contributed by atoms with Crippen molar-refractivity contribution in [2.24, 2.45) is 5.92 Å². The lowest BCUT2D eigenvalue weighted by Crippen LogP contribution is -2.35. The van der Waals surface area contributed by atoms with Crippen LogP contribution in [0.1, 0.15) is 25.3 Å². The van der Waals surface area contributed by atoms with E-state index in [0.29, 0.717) is 18.5 Å². The molecule has 0 bridgehead atoms. The molecule has 0 aliphatic heterocycles. The van der Waals surface area contributed by atoms with Gasteiger partial charge in [0.15, 0.2) is 0 Å². The fourth-order valence-electron chi connectivity index (χ4n) is 2.02. The van der Waals surface area contributed by atoms with Crippen LogP contribution in [0.3, 0.4) is 0 Å². The highest BCUT2D eigenvalue weighted by Gasteiger charge is 2.29. The Morgan fingerprint density at radius 3 is 2.59 bits per heavy atom. The number of hydrogen-bond donors (Lipinski definition) is 2. The lowest BCUT2D eigenvalue weighted by molar-refractivity contribution is 0.145. The molecule has 1 aromatic rings. The van der Waals surface area contributed by atoms with Crippen molar-refractivity contribution in [2.75, 3.05) is 6.54 Å². The number of rotatable bonds is 6. The first-order valence-electron chi connectivity index (χ1n) is 6.31. The van der Waals surface area contributed by atoms with Crippen molar-refractivity contribution in [1.82, 2.24) is 5.32 Å². The average Bonchev–Trinajstić information content (AvgIpc) is 3.13. The van der Waals surface area contributed by atoms with E-state index in [1.807, 2.05) is 12.1 Å². The highest BCUT2D eigenvalue weighted by Crippen LogP contribution is 2.32. The van der Waals surface area contributed by atoms with Crippen molar-refractivity contribution in [3.05, 3.63) is 34.9 Å². The van der Waals surface area contributed by atoms with Gasteiger partial charge in [-0.1, -0.05) is 23.7 Å². The zero-order valence-electron chi connectivity index (χ0n) is 10.2. The summed E-state index contributed by atoms with van der Waals surface area (Å²) in [6.07, 6.45) is 3.18. The molecule has 2 unspecified atom stereocenters. The van der Waals surface area contributed by atoms with E-state index < -0.39 is 0 Å². The molecule has 94 valence electrons. The molecule has 0 aromatic heterocycles. The molecular formula is C14H20ClNO. The molecule has 0 heterocycles. The van der Waals surface area contributed by atoms with Gasteiger partial charge in [0.1, 0.15) is 0 Å². The van der Waals surface area contributed by atoms with Gasteiger partial charge in [-0.05, 0) is 49.8 Å². The maximum absolute atomic E-state index is 9.76. The van der Waals surface area contributed by atoms with Crippen molar-refractivity contribution in [1.29, 1.82) is 0 Å². The van der Waals surface area contributed by atoms with Gasteiger partial charge in [0.2, 0.25) is 0 Å². The van der Waals surface area contributed by atoms with Crippen LogP contribution in [-0.2, 0) is 6.42 Å². The van der Waals surface area contributed by atoms with Gasteiger partial charge < -0.3 is 10.4 Å². The van der Waals surface area contributed by atoms with Crippen LogP contribution in [0, 0.1) is 5.92 Å². The van der Waals surface area contributed by atoms with E-state index in [9.17, 15) is 5.11 Å². The molecule has 2 N–H and O–H groups in total. The van der Waals surface area contributed by atoms with E-state index in [0.717, 1.165) is 11.4 Å². The highest BCUT2D eigenvalue weighted by atomic mass is 35.5. The lowest BCUT2D eigenvalue weighted by atomic mass is 10.1. The van der Waals surface area contributed by atoms with Crippen molar-refractivity contribution in [2.45, 2.75) is 38.3 Å². The van der Waals surface area contributed by atoms with Gasteiger partial charge >= 0.3 is 0 Å². The summed E-state index contributed by atoms with van der Waals surface area (Å²) in [6.45, 7) is 2.85. The molecule has 1 aliphatic carbocycles. The fraction of sp³-hybridized carbons (Fsp3) is 0.571. The molecule has 0 saturated heterocycles.